The van der Waals surface area contributed by atoms with Gasteiger partial charge in [0.05, 0.1) is 0 Å². The van der Waals surface area contributed by atoms with Gasteiger partial charge in [0.1, 0.15) is 5.82 Å². The standard InChI is InChI=1S/C52H38N4/c1-5-13-36(14-6-1)38-21-26-45(27-22-38)56(46-28-23-39(24-29-46)37-15-7-2-8-16-37)47-30-32-49-44(35-47)34-43-33-42(25-31-48(43)49)52-54-50(40-17-9-3-10-18-40)53-51(55-52)41-19-11-4-12-20-41/h1-24,26-33,35,42H,25,34H2. The van der Waals surface area contributed by atoms with Crippen molar-refractivity contribution >= 4 is 22.6 Å². The molecule has 266 valence electrons. The maximum atomic E-state index is 5.07. The number of hydrogen-bond acceptors (Lipinski definition) is 4. The molecule has 4 nitrogen and oxygen atoms in total. The van der Waals surface area contributed by atoms with Gasteiger partial charge < -0.3 is 4.90 Å². The molecule has 0 bridgehead atoms. The van der Waals surface area contributed by atoms with Gasteiger partial charge in [-0.25, -0.2) is 15.0 Å². The average molecular weight is 719 g/mol. The molecule has 0 spiro atoms. The summed E-state index contributed by atoms with van der Waals surface area (Å²) in [5, 5.41) is 0. The first-order valence-corrected chi connectivity index (χ1v) is 19.3. The molecule has 0 aliphatic heterocycles. The molecule has 1 unspecified atom stereocenters. The summed E-state index contributed by atoms with van der Waals surface area (Å²) >= 11 is 0. The molecule has 2 aliphatic rings. The number of hydrogen-bond donors (Lipinski definition) is 0. The molecule has 1 aromatic heterocycles. The first-order chi connectivity index (χ1) is 27.7. The SMILES string of the molecule is C1=C2Cc3cc(N(c4ccc(-c5ccccc5)cc4)c4ccc(-c5ccccc5)cc4)ccc3C2=CCC1c1nc(-c2ccccc2)nc(-c2ccccc2)n1. The molecule has 7 aromatic carbocycles. The quantitative estimate of drug-likeness (QED) is 0.157. The molecule has 4 heteroatoms. The molecule has 0 saturated carbocycles. The van der Waals surface area contributed by atoms with Crippen LogP contribution in [0.2, 0.25) is 0 Å². The molecule has 10 rings (SSSR count). The van der Waals surface area contributed by atoms with Crippen LogP contribution in [0.5, 0.6) is 0 Å². The Balaban J connectivity index is 0.995. The fourth-order valence-corrected chi connectivity index (χ4v) is 8.03. The Morgan fingerprint density at radius 3 is 1.38 bits per heavy atom. The Hall–Kier alpha value is -7.17. The Labute approximate surface area is 327 Å². The zero-order chi connectivity index (χ0) is 37.3. The molecule has 0 fully saturated rings. The Bertz CT molecular complexity index is 2560. The number of rotatable bonds is 8. The van der Waals surface area contributed by atoms with Gasteiger partial charge in [0.2, 0.25) is 0 Å². The Morgan fingerprint density at radius 2 is 0.875 bits per heavy atom. The van der Waals surface area contributed by atoms with Gasteiger partial charge in [-0.3, -0.25) is 0 Å². The van der Waals surface area contributed by atoms with Gasteiger partial charge >= 0.3 is 0 Å². The maximum Gasteiger partial charge on any atom is 0.163 e. The van der Waals surface area contributed by atoms with Crippen molar-refractivity contribution in [1.29, 1.82) is 0 Å². The van der Waals surface area contributed by atoms with Crippen molar-refractivity contribution in [1.82, 2.24) is 15.0 Å². The van der Waals surface area contributed by atoms with E-state index in [1.807, 2.05) is 36.4 Å². The lowest BCUT2D eigenvalue weighted by molar-refractivity contribution is 0.759. The normalized spacial score (nSPS) is 14.3. The monoisotopic (exact) mass is 718 g/mol. The fourth-order valence-electron chi connectivity index (χ4n) is 8.03. The van der Waals surface area contributed by atoms with E-state index in [2.05, 4.69) is 169 Å². The minimum atomic E-state index is 0.0539. The Kier molecular flexibility index (Phi) is 8.69. The second kappa shape index (κ2) is 14.6. The highest BCUT2D eigenvalue weighted by Gasteiger charge is 2.29. The number of fused-ring (bicyclic) bond motifs is 3. The summed E-state index contributed by atoms with van der Waals surface area (Å²) in [6.45, 7) is 0. The molecule has 1 atom stereocenters. The highest BCUT2D eigenvalue weighted by molar-refractivity contribution is 5.89. The van der Waals surface area contributed by atoms with Crippen LogP contribution < -0.4 is 4.90 Å². The molecular weight excluding hydrogens is 681 g/mol. The number of benzene rings is 7. The van der Waals surface area contributed by atoms with Crippen molar-refractivity contribution in [3.05, 3.63) is 223 Å². The first-order valence-electron chi connectivity index (χ1n) is 19.3. The van der Waals surface area contributed by atoms with Crippen molar-refractivity contribution in [2.45, 2.75) is 18.8 Å². The van der Waals surface area contributed by atoms with Crippen molar-refractivity contribution in [2.24, 2.45) is 0 Å². The summed E-state index contributed by atoms with van der Waals surface area (Å²) in [4.78, 5) is 17.4. The van der Waals surface area contributed by atoms with E-state index in [4.69, 9.17) is 15.0 Å². The summed E-state index contributed by atoms with van der Waals surface area (Å²) < 4.78 is 0. The second-order valence-corrected chi connectivity index (χ2v) is 14.4. The molecule has 8 aromatic rings. The summed E-state index contributed by atoms with van der Waals surface area (Å²) in [6.07, 6.45) is 6.49. The van der Waals surface area contributed by atoms with Crippen molar-refractivity contribution in [3.63, 3.8) is 0 Å². The molecule has 56 heavy (non-hydrogen) atoms. The second-order valence-electron chi connectivity index (χ2n) is 14.4. The zero-order valence-corrected chi connectivity index (χ0v) is 30.8. The third-order valence-corrected chi connectivity index (χ3v) is 10.9. The van der Waals surface area contributed by atoms with E-state index in [1.54, 1.807) is 0 Å². The lowest BCUT2D eigenvalue weighted by Crippen LogP contribution is -2.10. The smallest absolute Gasteiger partial charge is 0.163 e. The van der Waals surface area contributed by atoms with E-state index in [0.717, 1.165) is 46.9 Å². The molecule has 0 N–H and O–H groups in total. The minimum absolute atomic E-state index is 0.0539. The van der Waals surface area contributed by atoms with Crippen LogP contribution >= 0.6 is 0 Å². The topological polar surface area (TPSA) is 41.9 Å². The zero-order valence-electron chi connectivity index (χ0n) is 30.8. The van der Waals surface area contributed by atoms with Crippen LogP contribution in [0.1, 0.15) is 29.3 Å². The molecule has 0 radical (unpaired) electrons. The maximum absolute atomic E-state index is 5.07. The van der Waals surface area contributed by atoms with E-state index >= 15 is 0 Å². The van der Waals surface area contributed by atoms with E-state index < -0.39 is 0 Å². The highest BCUT2D eigenvalue weighted by Crippen LogP contribution is 2.46. The predicted octanol–water partition coefficient (Wildman–Crippen LogP) is 13.1. The number of allylic oxidation sites excluding steroid dienone is 4. The number of anilines is 3. The van der Waals surface area contributed by atoms with Gasteiger partial charge in [0.15, 0.2) is 11.6 Å². The molecular formula is C52H38N4. The lowest BCUT2D eigenvalue weighted by atomic mass is 9.90. The Morgan fingerprint density at radius 1 is 0.429 bits per heavy atom. The highest BCUT2D eigenvalue weighted by atomic mass is 15.1. The number of nitrogens with zero attached hydrogens (tertiary/aromatic N) is 4. The van der Waals surface area contributed by atoms with Gasteiger partial charge in [-0.05, 0) is 93.8 Å². The van der Waals surface area contributed by atoms with Gasteiger partial charge in [0.25, 0.3) is 0 Å². The van der Waals surface area contributed by atoms with Crippen molar-refractivity contribution in [2.75, 3.05) is 4.90 Å². The van der Waals surface area contributed by atoms with E-state index in [0.29, 0.717) is 11.6 Å². The fraction of sp³-hybridized carbons (Fsp3) is 0.0577. The third kappa shape index (κ3) is 6.52. The van der Waals surface area contributed by atoms with E-state index in [9.17, 15) is 0 Å². The lowest BCUT2D eigenvalue weighted by Gasteiger charge is -2.26. The van der Waals surface area contributed by atoms with Gasteiger partial charge in [0, 0.05) is 34.1 Å². The van der Waals surface area contributed by atoms with Crippen LogP contribution in [0.25, 0.3) is 50.6 Å². The van der Waals surface area contributed by atoms with Crippen molar-refractivity contribution < 1.29 is 0 Å². The summed E-state index contributed by atoms with van der Waals surface area (Å²) in [5.74, 6) is 2.27. The first kappa shape index (κ1) is 33.4. The third-order valence-electron chi connectivity index (χ3n) is 10.9. The molecule has 2 aliphatic carbocycles. The summed E-state index contributed by atoms with van der Waals surface area (Å²) in [5.41, 5.74) is 15.5. The van der Waals surface area contributed by atoms with Crippen LogP contribution in [0.4, 0.5) is 17.1 Å². The number of aromatic nitrogens is 3. The van der Waals surface area contributed by atoms with Crippen LogP contribution in [0.15, 0.2) is 206 Å². The van der Waals surface area contributed by atoms with Crippen LogP contribution in [0, 0.1) is 0 Å². The van der Waals surface area contributed by atoms with Crippen LogP contribution in [-0.2, 0) is 6.42 Å². The summed E-state index contributed by atoms with van der Waals surface area (Å²) in [7, 11) is 0. The van der Waals surface area contributed by atoms with E-state index in [-0.39, 0.29) is 5.92 Å². The van der Waals surface area contributed by atoms with Gasteiger partial charge in [-0.15, -0.1) is 0 Å². The van der Waals surface area contributed by atoms with Crippen molar-refractivity contribution in [3.8, 4) is 45.0 Å². The molecule has 1 heterocycles. The van der Waals surface area contributed by atoms with Gasteiger partial charge in [-0.2, -0.15) is 0 Å². The van der Waals surface area contributed by atoms with Crippen LogP contribution in [0.3, 0.4) is 0 Å². The van der Waals surface area contributed by atoms with Gasteiger partial charge in [-0.1, -0.05) is 164 Å². The molecule has 0 amide bonds. The minimum Gasteiger partial charge on any atom is -0.310 e. The summed E-state index contributed by atoms with van der Waals surface area (Å²) in [6, 6.07) is 66.3. The molecule has 0 saturated heterocycles. The largest absolute Gasteiger partial charge is 0.310 e. The average Bonchev–Trinajstić information content (AvgIpc) is 3.65. The predicted molar refractivity (Wildman–Crippen MR) is 230 cm³/mol. The van der Waals surface area contributed by atoms with Crippen LogP contribution in [-0.4, -0.2) is 15.0 Å². The van der Waals surface area contributed by atoms with E-state index in [1.165, 1.54) is 44.5 Å².